The molecule has 32 heavy (non-hydrogen) atoms. The summed E-state index contributed by atoms with van der Waals surface area (Å²) >= 11 is 0. The average molecular weight is 455 g/mol. The van der Waals surface area contributed by atoms with E-state index in [1.165, 1.54) is 0 Å². The van der Waals surface area contributed by atoms with Gasteiger partial charge in [0.2, 0.25) is 16.8 Å². The molecule has 1 aromatic heterocycles. The molecule has 2 aliphatic rings. The molecule has 1 fully saturated rings. The van der Waals surface area contributed by atoms with E-state index in [9.17, 15) is 8.42 Å². The second kappa shape index (κ2) is 8.23. The summed E-state index contributed by atoms with van der Waals surface area (Å²) in [5.74, 6) is 1.54. The summed E-state index contributed by atoms with van der Waals surface area (Å²) in [6, 6.07) is 15.6. The molecule has 0 saturated carbocycles. The molecular formula is C23H26N4O4S. The van der Waals surface area contributed by atoms with E-state index in [0.717, 1.165) is 29.3 Å². The van der Waals surface area contributed by atoms with Crippen LogP contribution >= 0.6 is 0 Å². The third-order valence-electron chi connectivity index (χ3n) is 6.00. The average Bonchev–Trinajstić information content (AvgIpc) is 3.38. The van der Waals surface area contributed by atoms with Crippen molar-refractivity contribution in [2.24, 2.45) is 0 Å². The number of aromatic nitrogens is 2. The van der Waals surface area contributed by atoms with Crippen molar-refractivity contribution < 1.29 is 17.9 Å². The van der Waals surface area contributed by atoms with Gasteiger partial charge in [-0.3, -0.25) is 4.90 Å². The third kappa shape index (κ3) is 3.76. The number of piperazine rings is 1. The van der Waals surface area contributed by atoms with Crippen LogP contribution in [0, 0.1) is 13.8 Å². The van der Waals surface area contributed by atoms with Crippen molar-refractivity contribution in [2.75, 3.05) is 33.0 Å². The lowest BCUT2D eigenvalue weighted by Crippen LogP contribution is -2.48. The van der Waals surface area contributed by atoms with Crippen molar-refractivity contribution in [3.63, 3.8) is 0 Å². The minimum absolute atomic E-state index is 0.259. The smallest absolute Gasteiger partial charge is 0.246 e. The highest BCUT2D eigenvalue weighted by atomic mass is 32.2. The number of hydrogen-bond acceptors (Lipinski definition) is 6. The summed E-state index contributed by atoms with van der Waals surface area (Å²) in [5.41, 5.74) is 3.13. The van der Waals surface area contributed by atoms with Gasteiger partial charge in [0, 0.05) is 32.7 Å². The van der Waals surface area contributed by atoms with Gasteiger partial charge in [0.1, 0.15) is 4.90 Å². The van der Waals surface area contributed by atoms with E-state index in [4.69, 9.17) is 9.47 Å². The number of ether oxygens (including phenoxy) is 2. The van der Waals surface area contributed by atoms with E-state index in [1.807, 2.05) is 55.5 Å². The Hall–Kier alpha value is -2.88. The van der Waals surface area contributed by atoms with Gasteiger partial charge < -0.3 is 9.47 Å². The quantitative estimate of drug-likeness (QED) is 0.590. The lowest BCUT2D eigenvalue weighted by atomic mass is 10.2. The number of benzene rings is 2. The van der Waals surface area contributed by atoms with Crippen molar-refractivity contribution in [2.45, 2.75) is 25.3 Å². The molecule has 8 nitrogen and oxygen atoms in total. The van der Waals surface area contributed by atoms with Crippen LogP contribution in [0.5, 0.6) is 11.5 Å². The van der Waals surface area contributed by atoms with Crippen molar-refractivity contribution >= 4 is 10.0 Å². The Kier molecular flexibility index (Phi) is 5.40. The molecule has 0 bridgehead atoms. The van der Waals surface area contributed by atoms with Gasteiger partial charge in [-0.05, 0) is 43.7 Å². The van der Waals surface area contributed by atoms with Crippen LogP contribution in [0.25, 0.3) is 5.69 Å². The van der Waals surface area contributed by atoms with Gasteiger partial charge >= 0.3 is 0 Å². The zero-order valence-corrected chi connectivity index (χ0v) is 19.0. The van der Waals surface area contributed by atoms with Crippen molar-refractivity contribution in [1.29, 1.82) is 0 Å². The van der Waals surface area contributed by atoms with Crippen LogP contribution in [0.15, 0.2) is 53.4 Å². The second-order valence-corrected chi connectivity index (χ2v) is 9.99. The molecule has 0 spiro atoms. The first-order valence-electron chi connectivity index (χ1n) is 10.7. The standard InChI is InChI=1S/C23H26N4O4S/c1-17-23(18(2)27(24-17)20-6-4-3-5-7-20)32(28,29)26-12-10-25(11-13-26)15-19-8-9-21-22(14-19)31-16-30-21/h3-9,14H,10-13,15-16H2,1-2H3. The van der Waals surface area contributed by atoms with Crippen LogP contribution in [0.2, 0.25) is 0 Å². The highest BCUT2D eigenvalue weighted by Gasteiger charge is 2.33. The van der Waals surface area contributed by atoms with E-state index in [2.05, 4.69) is 10.00 Å². The summed E-state index contributed by atoms with van der Waals surface area (Å²) < 4.78 is 41.1. The minimum Gasteiger partial charge on any atom is -0.454 e. The number of nitrogens with zero attached hydrogens (tertiary/aromatic N) is 4. The molecule has 0 unspecified atom stereocenters. The monoisotopic (exact) mass is 454 g/mol. The first-order chi connectivity index (χ1) is 15.4. The Bertz CT molecular complexity index is 1230. The maximum Gasteiger partial charge on any atom is 0.246 e. The van der Waals surface area contributed by atoms with Gasteiger partial charge in [-0.2, -0.15) is 9.40 Å². The van der Waals surface area contributed by atoms with Gasteiger partial charge in [0.25, 0.3) is 0 Å². The van der Waals surface area contributed by atoms with Crippen molar-refractivity contribution in [3.8, 4) is 17.2 Å². The first-order valence-corrected chi connectivity index (χ1v) is 12.1. The number of para-hydroxylation sites is 1. The Morgan fingerprint density at radius 3 is 2.41 bits per heavy atom. The number of hydrogen-bond donors (Lipinski definition) is 0. The van der Waals surface area contributed by atoms with Gasteiger partial charge in [-0.1, -0.05) is 24.3 Å². The van der Waals surface area contributed by atoms with Crippen LogP contribution < -0.4 is 9.47 Å². The van der Waals surface area contributed by atoms with Gasteiger partial charge in [0.15, 0.2) is 11.5 Å². The van der Waals surface area contributed by atoms with Crippen LogP contribution in [0.1, 0.15) is 17.0 Å². The molecule has 2 aromatic carbocycles. The molecule has 0 amide bonds. The molecule has 3 aromatic rings. The van der Waals surface area contributed by atoms with E-state index in [-0.39, 0.29) is 6.79 Å². The summed E-state index contributed by atoms with van der Waals surface area (Å²) in [4.78, 5) is 2.57. The lowest BCUT2D eigenvalue weighted by Gasteiger charge is -2.34. The zero-order chi connectivity index (χ0) is 22.3. The molecule has 3 heterocycles. The summed E-state index contributed by atoms with van der Waals surface area (Å²) in [7, 11) is -3.63. The van der Waals surface area contributed by atoms with Gasteiger partial charge in [0.05, 0.1) is 17.1 Å². The Labute approximate surface area is 188 Å². The molecule has 5 rings (SSSR count). The van der Waals surface area contributed by atoms with Crippen LogP contribution in [0.4, 0.5) is 0 Å². The molecule has 0 atom stereocenters. The fourth-order valence-electron chi connectivity index (χ4n) is 4.38. The topological polar surface area (TPSA) is 76.9 Å². The van der Waals surface area contributed by atoms with Gasteiger partial charge in [-0.25, -0.2) is 13.1 Å². The lowest BCUT2D eigenvalue weighted by molar-refractivity contribution is 0.173. The van der Waals surface area contributed by atoms with Crippen molar-refractivity contribution in [3.05, 3.63) is 65.5 Å². The molecule has 9 heteroatoms. The first kappa shape index (κ1) is 21.0. The molecule has 168 valence electrons. The fraction of sp³-hybridized carbons (Fsp3) is 0.348. The largest absolute Gasteiger partial charge is 0.454 e. The Morgan fingerprint density at radius 2 is 1.66 bits per heavy atom. The Morgan fingerprint density at radius 1 is 0.938 bits per heavy atom. The number of aryl methyl sites for hydroxylation is 1. The SMILES string of the molecule is Cc1nn(-c2ccccc2)c(C)c1S(=O)(=O)N1CCN(Cc2ccc3c(c2)OCO3)CC1. The molecule has 2 aliphatic heterocycles. The van der Waals surface area contributed by atoms with Crippen LogP contribution in [-0.4, -0.2) is 60.4 Å². The van der Waals surface area contributed by atoms with E-state index in [1.54, 1.807) is 15.9 Å². The fourth-order valence-corrected chi connectivity index (χ4v) is 6.15. The second-order valence-electron chi connectivity index (χ2n) is 8.12. The molecule has 1 saturated heterocycles. The third-order valence-corrected chi connectivity index (χ3v) is 8.15. The predicted octanol–water partition coefficient (Wildman–Crippen LogP) is 2.72. The van der Waals surface area contributed by atoms with Crippen LogP contribution in [-0.2, 0) is 16.6 Å². The molecule has 0 N–H and O–H groups in total. The maximum atomic E-state index is 13.5. The van der Waals surface area contributed by atoms with Crippen molar-refractivity contribution in [1.82, 2.24) is 19.0 Å². The molecule has 0 aliphatic carbocycles. The number of sulfonamides is 1. The highest BCUT2D eigenvalue weighted by Crippen LogP contribution is 2.33. The summed E-state index contributed by atoms with van der Waals surface area (Å²) in [5, 5.41) is 4.52. The normalized spacial score (nSPS) is 17.1. The number of rotatable bonds is 5. The van der Waals surface area contributed by atoms with E-state index < -0.39 is 10.0 Å². The summed E-state index contributed by atoms with van der Waals surface area (Å²) in [6.45, 7) is 6.80. The zero-order valence-electron chi connectivity index (χ0n) is 18.2. The highest BCUT2D eigenvalue weighted by molar-refractivity contribution is 7.89. The van der Waals surface area contributed by atoms with E-state index >= 15 is 0 Å². The predicted molar refractivity (Wildman–Crippen MR) is 120 cm³/mol. The number of fused-ring (bicyclic) bond motifs is 1. The van der Waals surface area contributed by atoms with E-state index in [0.29, 0.717) is 42.5 Å². The Balaban J connectivity index is 1.30. The minimum atomic E-state index is -3.63. The van der Waals surface area contributed by atoms with Gasteiger partial charge in [-0.15, -0.1) is 0 Å². The maximum absolute atomic E-state index is 13.5. The molecule has 0 radical (unpaired) electrons. The summed E-state index contributed by atoms with van der Waals surface area (Å²) in [6.07, 6.45) is 0. The van der Waals surface area contributed by atoms with Crippen LogP contribution in [0.3, 0.4) is 0 Å². The molecular weight excluding hydrogens is 428 g/mol.